The van der Waals surface area contributed by atoms with Gasteiger partial charge in [0.1, 0.15) is 11.4 Å². The highest BCUT2D eigenvalue weighted by Gasteiger charge is 2.16. The van der Waals surface area contributed by atoms with E-state index >= 15 is 0 Å². The summed E-state index contributed by atoms with van der Waals surface area (Å²) in [5, 5.41) is 0. The third kappa shape index (κ3) is 6.59. The number of thioether (sulfide) groups is 1. The smallest absolute Gasteiger partial charge is 0.316 e. The van der Waals surface area contributed by atoms with Crippen molar-refractivity contribution >= 4 is 17.7 Å². The fraction of sp³-hybridized carbons (Fsp3) is 0.500. The molecule has 106 valence electrons. The number of carbonyl (C=O) groups is 1. The first-order valence-corrected chi connectivity index (χ1v) is 7.24. The molecular weight excluding hydrogens is 265 g/mol. The van der Waals surface area contributed by atoms with Crippen molar-refractivity contribution in [1.29, 1.82) is 0 Å². The van der Waals surface area contributed by atoms with E-state index in [1.807, 2.05) is 20.8 Å². The van der Waals surface area contributed by atoms with Crippen molar-refractivity contribution in [2.24, 2.45) is 5.73 Å². The van der Waals surface area contributed by atoms with Crippen LogP contribution in [-0.2, 0) is 9.53 Å². The molecule has 3 nitrogen and oxygen atoms in total. The van der Waals surface area contributed by atoms with E-state index in [4.69, 9.17) is 10.5 Å². The summed E-state index contributed by atoms with van der Waals surface area (Å²) >= 11 is 1.39. The highest BCUT2D eigenvalue weighted by atomic mass is 32.2. The summed E-state index contributed by atoms with van der Waals surface area (Å²) in [4.78, 5) is 11.5. The van der Waals surface area contributed by atoms with Crippen molar-refractivity contribution in [3.05, 3.63) is 35.6 Å². The lowest BCUT2D eigenvalue weighted by Gasteiger charge is -2.19. The maximum Gasteiger partial charge on any atom is 0.316 e. The molecule has 5 heteroatoms. The minimum absolute atomic E-state index is 0.250. The van der Waals surface area contributed by atoms with Gasteiger partial charge in [0.25, 0.3) is 0 Å². The van der Waals surface area contributed by atoms with Crippen LogP contribution in [0.15, 0.2) is 24.3 Å². The fourth-order valence-corrected chi connectivity index (χ4v) is 2.26. The number of nitrogens with two attached hydrogens (primary N) is 1. The second-order valence-electron chi connectivity index (χ2n) is 5.26. The Balaban J connectivity index is 2.35. The van der Waals surface area contributed by atoms with Crippen molar-refractivity contribution in [2.45, 2.75) is 32.4 Å². The molecule has 0 fully saturated rings. The van der Waals surface area contributed by atoms with Crippen LogP contribution in [-0.4, -0.2) is 23.1 Å². The number of esters is 1. The first-order valence-electron chi connectivity index (χ1n) is 6.08. The predicted octanol–water partition coefficient (Wildman–Crippen LogP) is 2.90. The molecule has 0 aliphatic rings. The number of halogens is 1. The molecule has 1 unspecified atom stereocenters. The fourth-order valence-electron chi connectivity index (χ4n) is 1.47. The Labute approximate surface area is 117 Å². The Morgan fingerprint density at radius 2 is 2.16 bits per heavy atom. The zero-order chi connectivity index (χ0) is 14.5. The zero-order valence-electron chi connectivity index (χ0n) is 11.5. The number of ether oxygens (including phenoxy) is 1. The van der Waals surface area contributed by atoms with Gasteiger partial charge >= 0.3 is 5.97 Å². The van der Waals surface area contributed by atoms with Crippen LogP contribution in [0.3, 0.4) is 0 Å². The van der Waals surface area contributed by atoms with E-state index in [1.54, 1.807) is 12.1 Å². The quantitative estimate of drug-likeness (QED) is 0.845. The first-order chi connectivity index (χ1) is 8.78. The van der Waals surface area contributed by atoms with Crippen LogP contribution in [0.2, 0.25) is 0 Å². The Hall–Kier alpha value is -1.07. The van der Waals surface area contributed by atoms with Gasteiger partial charge in [0.15, 0.2) is 0 Å². The van der Waals surface area contributed by atoms with Gasteiger partial charge in [-0.05, 0) is 38.5 Å². The molecule has 0 saturated carbocycles. The largest absolute Gasteiger partial charge is 0.459 e. The lowest BCUT2D eigenvalue weighted by molar-refractivity contribution is -0.151. The molecule has 0 spiro atoms. The van der Waals surface area contributed by atoms with E-state index in [0.29, 0.717) is 5.75 Å². The molecule has 0 aliphatic carbocycles. The summed E-state index contributed by atoms with van der Waals surface area (Å²) in [6.45, 7) is 5.48. The molecule has 0 saturated heterocycles. The van der Waals surface area contributed by atoms with Crippen LogP contribution in [0.4, 0.5) is 4.39 Å². The molecule has 0 heterocycles. The van der Waals surface area contributed by atoms with Gasteiger partial charge in [0.2, 0.25) is 0 Å². The summed E-state index contributed by atoms with van der Waals surface area (Å²) in [5.74, 6) is 0.234. The summed E-state index contributed by atoms with van der Waals surface area (Å²) in [5.41, 5.74) is 6.20. The molecule has 2 N–H and O–H groups in total. The lowest BCUT2D eigenvalue weighted by atomic mass is 10.1. The Kier molecular flexibility index (Phi) is 5.82. The van der Waals surface area contributed by atoms with Crippen LogP contribution in [0, 0.1) is 5.82 Å². The summed E-state index contributed by atoms with van der Waals surface area (Å²) in [6, 6.07) is 5.91. The number of benzene rings is 1. The van der Waals surface area contributed by atoms with Crippen LogP contribution in [0.25, 0.3) is 0 Å². The van der Waals surface area contributed by atoms with Gasteiger partial charge in [-0.1, -0.05) is 12.1 Å². The number of rotatable bonds is 5. The Morgan fingerprint density at radius 3 is 2.74 bits per heavy atom. The van der Waals surface area contributed by atoms with Gasteiger partial charge in [-0.15, -0.1) is 11.8 Å². The van der Waals surface area contributed by atoms with E-state index in [0.717, 1.165) is 5.56 Å². The van der Waals surface area contributed by atoms with Crippen molar-refractivity contribution in [3.63, 3.8) is 0 Å². The van der Waals surface area contributed by atoms with Gasteiger partial charge in [-0.3, -0.25) is 4.79 Å². The maximum absolute atomic E-state index is 13.0. The standard InChI is InChI=1S/C14H20FNO2S/c1-14(2,3)18-13(17)9-19-8-12(16)10-5-4-6-11(15)7-10/h4-7,12H,8-9,16H2,1-3H3. The summed E-state index contributed by atoms with van der Waals surface area (Å²) in [6.07, 6.45) is 0. The third-order valence-corrected chi connectivity index (χ3v) is 3.25. The molecule has 19 heavy (non-hydrogen) atoms. The minimum Gasteiger partial charge on any atom is -0.459 e. The molecule has 0 aromatic heterocycles. The lowest BCUT2D eigenvalue weighted by Crippen LogP contribution is -2.25. The molecule has 0 amide bonds. The first kappa shape index (κ1) is 16.0. The molecule has 1 aromatic rings. The molecule has 1 aromatic carbocycles. The number of hydrogen-bond acceptors (Lipinski definition) is 4. The number of hydrogen-bond donors (Lipinski definition) is 1. The van der Waals surface area contributed by atoms with Crippen molar-refractivity contribution < 1.29 is 13.9 Å². The average Bonchev–Trinajstić information content (AvgIpc) is 2.26. The second kappa shape index (κ2) is 6.91. The summed E-state index contributed by atoms with van der Waals surface area (Å²) < 4.78 is 18.2. The van der Waals surface area contributed by atoms with Crippen LogP contribution in [0.1, 0.15) is 32.4 Å². The molecule has 0 bridgehead atoms. The highest BCUT2D eigenvalue weighted by Crippen LogP contribution is 2.18. The van der Waals surface area contributed by atoms with Gasteiger partial charge in [0.05, 0.1) is 5.75 Å². The van der Waals surface area contributed by atoms with Gasteiger partial charge in [-0.2, -0.15) is 0 Å². The van der Waals surface area contributed by atoms with E-state index in [-0.39, 0.29) is 23.6 Å². The normalized spacial score (nSPS) is 13.1. The highest BCUT2D eigenvalue weighted by molar-refractivity contribution is 7.99. The molecule has 0 aliphatic heterocycles. The SMILES string of the molecule is CC(C)(C)OC(=O)CSCC(N)c1cccc(F)c1. The van der Waals surface area contributed by atoms with Gasteiger partial charge in [-0.25, -0.2) is 4.39 Å². The van der Waals surface area contributed by atoms with Crippen LogP contribution < -0.4 is 5.73 Å². The predicted molar refractivity (Wildman–Crippen MR) is 76.5 cm³/mol. The van der Waals surface area contributed by atoms with E-state index in [9.17, 15) is 9.18 Å². The zero-order valence-corrected chi connectivity index (χ0v) is 12.3. The van der Waals surface area contributed by atoms with Crippen molar-refractivity contribution in [2.75, 3.05) is 11.5 Å². The van der Waals surface area contributed by atoms with Crippen LogP contribution >= 0.6 is 11.8 Å². The molecule has 0 radical (unpaired) electrons. The minimum atomic E-state index is -0.470. The van der Waals surface area contributed by atoms with E-state index in [1.165, 1.54) is 23.9 Å². The maximum atomic E-state index is 13.0. The topological polar surface area (TPSA) is 52.3 Å². The van der Waals surface area contributed by atoms with Crippen molar-refractivity contribution in [3.8, 4) is 0 Å². The molecular formula is C14H20FNO2S. The van der Waals surface area contributed by atoms with Gasteiger partial charge in [0, 0.05) is 11.8 Å². The third-order valence-electron chi connectivity index (χ3n) is 2.21. The second-order valence-corrected chi connectivity index (χ2v) is 6.29. The molecule has 1 rings (SSSR count). The average molecular weight is 285 g/mol. The number of carbonyl (C=O) groups excluding carboxylic acids is 1. The van der Waals surface area contributed by atoms with E-state index in [2.05, 4.69) is 0 Å². The molecule has 1 atom stereocenters. The van der Waals surface area contributed by atoms with Gasteiger partial charge < -0.3 is 10.5 Å². The van der Waals surface area contributed by atoms with Crippen LogP contribution in [0.5, 0.6) is 0 Å². The van der Waals surface area contributed by atoms with Crippen molar-refractivity contribution in [1.82, 2.24) is 0 Å². The Morgan fingerprint density at radius 1 is 1.47 bits per heavy atom. The van der Waals surface area contributed by atoms with E-state index < -0.39 is 5.60 Å². The monoisotopic (exact) mass is 285 g/mol. The summed E-state index contributed by atoms with van der Waals surface area (Å²) in [7, 11) is 0. The Bertz CT molecular complexity index is 432.